The number of hydrogen-bond acceptors (Lipinski definition) is 3. The average Bonchev–Trinajstić information content (AvgIpc) is 3.20. The van der Waals surface area contributed by atoms with Crippen molar-refractivity contribution < 1.29 is 4.74 Å². The Morgan fingerprint density at radius 3 is 2.70 bits per heavy atom. The molecule has 1 aromatic carbocycles. The summed E-state index contributed by atoms with van der Waals surface area (Å²) in [6, 6.07) is 10.4. The van der Waals surface area contributed by atoms with Crippen molar-refractivity contribution in [3.63, 3.8) is 0 Å². The van der Waals surface area contributed by atoms with E-state index in [1.54, 1.807) is 0 Å². The van der Waals surface area contributed by atoms with Crippen LogP contribution in [0.15, 0.2) is 30.3 Å². The normalized spacial score (nSPS) is 17.3. The van der Waals surface area contributed by atoms with Gasteiger partial charge in [-0.25, -0.2) is 4.68 Å². The fourth-order valence-electron chi connectivity index (χ4n) is 3.51. The summed E-state index contributed by atoms with van der Waals surface area (Å²) >= 11 is 5.67. The first-order valence-corrected chi connectivity index (χ1v) is 8.74. The van der Waals surface area contributed by atoms with Gasteiger partial charge in [0.05, 0.1) is 29.6 Å². The summed E-state index contributed by atoms with van der Waals surface area (Å²) in [5.41, 5.74) is 5.10. The molecule has 23 heavy (non-hydrogen) atoms. The minimum absolute atomic E-state index is 0.775. The van der Waals surface area contributed by atoms with Gasteiger partial charge < -0.3 is 9.64 Å². The summed E-state index contributed by atoms with van der Waals surface area (Å²) in [7, 11) is 0. The molecule has 2 aliphatic rings. The van der Waals surface area contributed by atoms with Gasteiger partial charge in [-0.3, -0.25) is 0 Å². The van der Waals surface area contributed by atoms with Gasteiger partial charge in [0.1, 0.15) is 0 Å². The van der Waals surface area contributed by atoms with Crippen LogP contribution in [0.5, 0.6) is 0 Å². The zero-order valence-corrected chi connectivity index (χ0v) is 14.0. The number of hydrogen-bond donors (Lipinski definition) is 0. The van der Waals surface area contributed by atoms with Gasteiger partial charge in [-0.15, -0.1) is 0 Å². The van der Waals surface area contributed by atoms with Crippen LogP contribution in [-0.2, 0) is 24.0 Å². The first kappa shape index (κ1) is 14.8. The third-order valence-electron chi connectivity index (χ3n) is 4.70. The van der Waals surface area contributed by atoms with Crippen molar-refractivity contribution >= 4 is 17.2 Å². The number of nitrogens with zero attached hydrogens (tertiary/aromatic N) is 3. The van der Waals surface area contributed by atoms with Gasteiger partial charge in [0.15, 0.2) is 0 Å². The number of thiocarbonyl (C=S) groups is 1. The maximum absolute atomic E-state index is 5.67. The Balaban J connectivity index is 1.61. The molecular formula is C18H21N3OS. The summed E-state index contributed by atoms with van der Waals surface area (Å²) in [5.74, 6) is 0. The molecule has 0 atom stereocenters. The molecule has 0 spiro atoms. The van der Waals surface area contributed by atoms with E-state index >= 15 is 0 Å². The summed E-state index contributed by atoms with van der Waals surface area (Å²) < 4.78 is 7.54. The number of para-hydroxylation sites is 1. The molecule has 0 amide bonds. The number of morpholine rings is 1. The first-order chi connectivity index (χ1) is 11.3. The second-order valence-electron chi connectivity index (χ2n) is 6.14. The molecule has 2 aromatic rings. The van der Waals surface area contributed by atoms with E-state index in [9.17, 15) is 0 Å². The quantitative estimate of drug-likeness (QED) is 0.811. The molecule has 1 aliphatic carbocycles. The smallest absolute Gasteiger partial charge is 0.0842 e. The van der Waals surface area contributed by atoms with Crippen molar-refractivity contribution in [1.82, 2.24) is 14.7 Å². The fraction of sp³-hybridized carbons (Fsp3) is 0.444. The Labute approximate surface area is 142 Å². The Kier molecular flexibility index (Phi) is 4.14. The molecular weight excluding hydrogens is 306 g/mol. The number of rotatable bonds is 3. The molecule has 2 heterocycles. The van der Waals surface area contributed by atoms with Crippen LogP contribution in [0.4, 0.5) is 0 Å². The Hall–Kier alpha value is -1.72. The van der Waals surface area contributed by atoms with Crippen LogP contribution in [0.1, 0.15) is 23.4 Å². The predicted molar refractivity (Wildman–Crippen MR) is 94.3 cm³/mol. The molecule has 1 fully saturated rings. The van der Waals surface area contributed by atoms with Crippen LogP contribution >= 0.6 is 12.2 Å². The molecule has 5 heteroatoms. The van der Waals surface area contributed by atoms with Crippen LogP contribution in [-0.4, -0.2) is 46.0 Å². The maximum atomic E-state index is 5.67. The molecule has 4 nitrogen and oxygen atoms in total. The topological polar surface area (TPSA) is 30.3 Å². The third kappa shape index (κ3) is 2.91. The lowest BCUT2D eigenvalue weighted by molar-refractivity contribution is 0.0684. The summed E-state index contributed by atoms with van der Waals surface area (Å²) in [6.07, 6.45) is 4.24. The maximum Gasteiger partial charge on any atom is 0.0842 e. The SMILES string of the molecule is S=C(Cc1nn(-c2ccccc2)c2c1CCC2)N1CCOCC1. The molecule has 0 bridgehead atoms. The molecule has 0 radical (unpaired) electrons. The van der Waals surface area contributed by atoms with Gasteiger partial charge in [-0.1, -0.05) is 30.4 Å². The third-order valence-corrected chi connectivity index (χ3v) is 5.10. The van der Waals surface area contributed by atoms with E-state index in [0.717, 1.165) is 61.9 Å². The monoisotopic (exact) mass is 327 g/mol. The predicted octanol–water partition coefficient (Wildman–Crippen LogP) is 2.56. The zero-order chi connectivity index (χ0) is 15.6. The van der Waals surface area contributed by atoms with Crippen molar-refractivity contribution in [2.24, 2.45) is 0 Å². The molecule has 1 aromatic heterocycles. The average molecular weight is 327 g/mol. The van der Waals surface area contributed by atoms with Gasteiger partial charge in [0.25, 0.3) is 0 Å². The van der Waals surface area contributed by atoms with E-state index in [-0.39, 0.29) is 0 Å². The minimum atomic E-state index is 0.775. The van der Waals surface area contributed by atoms with Crippen LogP contribution < -0.4 is 0 Å². The number of aromatic nitrogens is 2. The van der Waals surface area contributed by atoms with E-state index < -0.39 is 0 Å². The highest BCUT2D eigenvalue weighted by Gasteiger charge is 2.25. The Morgan fingerprint density at radius 2 is 1.91 bits per heavy atom. The summed E-state index contributed by atoms with van der Waals surface area (Å²) in [6.45, 7) is 3.36. The van der Waals surface area contributed by atoms with Gasteiger partial charge >= 0.3 is 0 Å². The van der Waals surface area contributed by atoms with Crippen molar-refractivity contribution in [1.29, 1.82) is 0 Å². The molecule has 1 aliphatic heterocycles. The van der Waals surface area contributed by atoms with Crippen LogP contribution in [0.2, 0.25) is 0 Å². The molecule has 120 valence electrons. The van der Waals surface area contributed by atoms with Gasteiger partial charge in [-0.2, -0.15) is 5.10 Å². The number of fused-ring (bicyclic) bond motifs is 1. The second-order valence-corrected chi connectivity index (χ2v) is 6.61. The lowest BCUT2D eigenvalue weighted by atomic mass is 10.1. The van der Waals surface area contributed by atoms with Crippen LogP contribution in [0, 0.1) is 0 Å². The van der Waals surface area contributed by atoms with E-state index in [2.05, 4.69) is 33.8 Å². The second kappa shape index (κ2) is 6.42. The largest absolute Gasteiger partial charge is 0.378 e. The van der Waals surface area contributed by atoms with Gasteiger partial charge in [-0.05, 0) is 37.0 Å². The Morgan fingerprint density at radius 1 is 1.13 bits per heavy atom. The standard InChI is InChI=1S/C18H21N3OS/c23-18(20-9-11-22-12-10-20)13-16-15-7-4-8-17(15)21(19-16)14-5-2-1-3-6-14/h1-3,5-6H,4,7-13H2. The molecule has 4 rings (SSSR count). The molecule has 0 saturated carbocycles. The van der Waals surface area contributed by atoms with E-state index in [1.165, 1.54) is 17.7 Å². The van der Waals surface area contributed by atoms with Crippen molar-refractivity contribution in [2.75, 3.05) is 26.3 Å². The van der Waals surface area contributed by atoms with Crippen LogP contribution in [0.25, 0.3) is 5.69 Å². The first-order valence-electron chi connectivity index (χ1n) is 8.33. The summed E-state index contributed by atoms with van der Waals surface area (Å²) in [5, 5.41) is 4.91. The van der Waals surface area contributed by atoms with Gasteiger partial charge in [0, 0.05) is 25.2 Å². The molecule has 1 saturated heterocycles. The number of ether oxygens (including phenoxy) is 1. The Bertz CT molecular complexity index is 705. The van der Waals surface area contributed by atoms with Crippen LogP contribution in [0.3, 0.4) is 0 Å². The highest BCUT2D eigenvalue weighted by molar-refractivity contribution is 7.80. The molecule has 0 unspecified atom stereocenters. The minimum Gasteiger partial charge on any atom is -0.378 e. The van der Waals surface area contributed by atoms with E-state index in [0.29, 0.717) is 0 Å². The number of benzene rings is 1. The lowest BCUT2D eigenvalue weighted by Gasteiger charge is -2.29. The van der Waals surface area contributed by atoms with Crippen molar-refractivity contribution in [3.8, 4) is 5.69 Å². The zero-order valence-electron chi connectivity index (χ0n) is 13.2. The van der Waals surface area contributed by atoms with Gasteiger partial charge in [0.2, 0.25) is 0 Å². The highest BCUT2D eigenvalue weighted by atomic mass is 32.1. The fourth-order valence-corrected chi connectivity index (χ4v) is 3.83. The van der Waals surface area contributed by atoms with Crippen molar-refractivity contribution in [3.05, 3.63) is 47.3 Å². The summed E-state index contributed by atoms with van der Waals surface area (Å²) in [4.78, 5) is 3.27. The van der Waals surface area contributed by atoms with Crippen molar-refractivity contribution in [2.45, 2.75) is 25.7 Å². The van der Waals surface area contributed by atoms with E-state index in [1.807, 2.05) is 6.07 Å². The highest BCUT2D eigenvalue weighted by Crippen LogP contribution is 2.28. The molecule has 0 N–H and O–H groups in total. The van der Waals surface area contributed by atoms with E-state index in [4.69, 9.17) is 22.1 Å². The lowest BCUT2D eigenvalue weighted by Crippen LogP contribution is -2.40.